The minimum Gasteiger partial charge on any atom is -0.382 e. The van der Waals surface area contributed by atoms with E-state index in [9.17, 15) is 9.90 Å². The van der Waals surface area contributed by atoms with Crippen molar-refractivity contribution in [2.75, 3.05) is 0 Å². The van der Waals surface area contributed by atoms with E-state index in [0.29, 0.717) is 18.7 Å². The average Bonchev–Trinajstić information content (AvgIpc) is 3.30. The standard InChI is InChI=1S/C24H25N3O2/c1-26-14-13-25-23(26)24(29)15-18-11-12-19(16-24)27(18)22(28)21-10-6-5-9-20(21)17-7-3-2-4-8-17/h2-10,13-14,18-19,29H,11-12,15-16H2,1H3/t18-,19+,24?. The van der Waals surface area contributed by atoms with Gasteiger partial charge >= 0.3 is 0 Å². The molecule has 5 rings (SSSR count). The lowest BCUT2D eigenvalue weighted by atomic mass is 9.84. The summed E-state index contributed by atoms with van der Waals surface area (Å²) < 4.78 is 1.89. The molecule has 2 aliphatic heterocycles. The minimum atomic E-state index is -0.972. The van der Waals surface area contributed by atoms with Crippen LogP contribution in [0.4, 0.5) is 0 Å². The van der Waals surface area contributed by atoms with E-state index in [0.717, 1.165) is 29.5 Å². The molecule has 0 spiro atoms. The number of amides is 1. The van der Waals surface area contributed by atoms with Crippen molar-refractivity contribution in [3.05, 3.63) is 78.4 Å². The number of carbonyl (C=O) groups is 1. The SMILES string of the molecule is Cn1ccnc1C1(O)C[C@H]2CC[C@@H](C1)N2C(=O)c1ccccc1-c1ccccc1. The summed E-state index contributed by atoms with van der Waals surface area (Å²) >= 11 is 0. The van der Waals surface area contributed by atoms with Gasteiger partial charge in [0.2, 0.25) is 0 Å². The Balaban J connectivity index is 1.47. The monoisotopic (exact) mass is 387 g/mol. The van der Waals surface area contributed by atoms with E-state index in [-0.39, 0.29) is 18.0 Å². The average molecular weight is 387 g/mol. The van der Waals surface area contributed by atoms with Crippen molar-refractivity contribution in [3.8, 4) is 11.1 Å². The fourth-order valence-electron chi connectivity index (χ4n) is 5.23. The summed E-state index contributed by atoms with van der Waals surface area (Å²) in [4.78, 5) is 20.1. The first kappa shape index (κ1) is 18.1. The molecular formula is C24H25N3O2. The second kappa shape index (κ2) is 6.85. The third-order valence-electron chi connectivity index (χ3n) is 6.48. The van der Waals surface area contributed by atoms with E-state index in [2.05, 4.69) is 4.98 Å². The van der Waals surface area contributed by atoms with Crippen LogP contribution in [0.25, 0.3) is 11.1 Å². The highest BCUT2D eigenvalue weighted by Gasteiger charge is 2.51. The Morgan fingerprint density at radius 1 is 1.03 bits per heavy atom. The summed E-state index contributed by atoms with van der Waals surface area (Å²) in [5, 5.41) is 11.4. The molecule has 1 amide bonds. The molecule has 1 N–H and O–H groups in total. The molecule has 3 heterocycles. The minimum absolute atomic E-state index is 0.0341. The molecular weight excluding hydrogens is 362 g/mol. The predicted octanol–water partition coefficient (Wildman–Crippen LogP) is 3.74. The maximum atomic E-state index is 13.6. The summed E-state index contributed by atoms with van der Waals surface area (Å²) in [6.07, 6.45) is 6.51. The number of carbonyl (C=O) groups excluding carboxylic acids is 1. The summed E-state index contributed by atoms with van der Waals surface area (Å²) in [6.45, 7) is 0. The number of aliphatic hydroxyl groups is 1. The Bertz CT molecular complexity index is 1030. The Morgan fingerprint density at radius 2 is 1.69 bits per heavy atom. The van der Waals surface area contributed by atoms with Gasteiger partial charge in [-0.05, 0) is 30.0 Å². The van der Waals surface area contributed by atoms with Gasteiger partial charge in [-0.3, -0.25) is 4.79 Å². The van der Waals surface area contributed by atoms with Gasteiger partial charge in [0, 0.05) is 49.9 Å². The quantitative estimate of drug-likeness (QED) is 0.745. The number of hydrogen-bond donors (Lipinski definition) is 1. The number of aryl methyl sites for hydroxylation is 1. The number of benzene rings is 2. The van der Waals surface area contributed by atoms with Gasteiger partial charge in [-0.2, -0.15) is 0 Å². The number of nitrogens with zero attached hydrogens (tertiary/aromatic N) is 3. The van der Waals surface area contributed by atoms with Gasteiger partial charge in [-0.15, -0.1) is 0 Å². The molecule has 0 aliphatic carbocycles. The third-order valence-corrected chi connectivity index (χ3v) is 6.48. The van der Waals surface area contributed by atoms with Crippen molar-refractivity contribution < 1.29 is 9.90 Å². The normalized spacial score (nSPS) is 25.9. The van der Waals surface area contributed by atoms with Gasteiger partial charge in [-0.25, -0.2) is 4.98 Å². The first-order valence-electron chi connectivity index (χ1n) is 10.2. The smallest absolute Gasteiger partial charge is 0.254 e. The Kier molecular flexibility index (Phi) is 4.28. The number of fused-ring (bicyclic) bond motifs is 2. The maximum Gasteiger partial charge on any atom is 0.254 e. The van der Waals surface area contributed by atoms with Crippen LogP contribution in [0.1, 0.15) is 41.9 Å². The van der Waals surface area contributed by atoms with E-state index in [1.807, 2.05) is 77.3 Å². The van der Waals surface area contributed by atoms with Crippen molar-refractivity contribution in [2.24, 2.45) is 7.05 Å². The summed E-state index contributed by atoms with van der Waals surface area (Å²) in [5.74, 6) is 0.769. The molecule has 0 radical (unpaired) electrons. The van der Waals surface area contributed by atoms with Gasteiger partial charge in [-0.1, -0.05) is 48.5 Å². The van der Waals surface area contributed by atoms with Crippen LogP contribution in [0.2, 0.25) is 0 Å². The van der Waals surface area contributed by atoms with Crippen LogP contribution in [0.5, 0.6) is 0 Å². The van der Waals surface area contributed by atoms with Crippen molar-refractivity contribution in [3.63, 3.8) is 0 Å². The zero-order valence-electron chi connectivity index (χ0n) is 16.5. The molecule has 2 fully saturated rings. The van der Waals surface area contributed by atoms with E-state index in [1.54, 1.807) is 6.20 Å². The van der Waals surface area contributed by atoms with Crippen molar-refractivity contribution in [1.29, 1.82) is 0 Å². The third kappa shape index (κ3) is 2.97. The molecule has 148 valence electrons. The van der Waals surface area contributed by atoms with E-state index in [4.69, 9.17) is 0 Å². The molecule has 1 aromatic heterocycles. The number of hydrogen-bond acceptors (Lipinski definition) is 3. The second-order valence-electron chi connectivity index (χ2n) is 8.31. The van der Waals surface area contributed by atoms with E-state index in [1.165, 1.54) is 0 Å². The molecule has 29 heavy (non-hydrogen) atoms. The highest BCUT2D eigenvalue weighted by molar-refractivity contribution is 6.01. The van der Waals surface area contributed by atoms with Gasteiger partial charge in [0.1, 0.15) is 11.4 Å². The number of piperidine rings is 1. The van der Waals surface area contributed by atoms with Crippen molar-refractivity contribution in [1.82, 2.24) is 14.5 Å². The van der Waals surface area contributed by atoms with Crippen molar-refractivity contribution in [2.45, 2.75) is 43.4 Å². The largest absolute Gasteiger partial charge is 0.382 e. The number of imidazole rings is 1. The number of rotatable bonds is 3. The van der Waals surface area contributed by atoms with Crippen LogP contribution < -0.4 is 0 Å². The summed E-state index contributed by atoms with van der Waals surface area (Å²) in [6, 6.07) is 18.0. The second-order valence-corrected chi connectivity index (χ2v) is 8.31. The van der Waals surface area contributed by atoms with Gasteiger partial charge in [0.15, 0.2) is 0 Å². The van der Waals surface area contributed by atoms with Crippen LogP contribution in [0.3, 0.4) is 0 Å². The molecule has 0 saturated carbocycles. The first-order valence-corrected chi connectivity index (χ1v) is 10.2. The Morgan fingerprint density at radius 3 is 2.34 bits per heavy atom. The lowest BCUT2D eigenvalue weighted by Gasteiger charge is -2.43. The molecule has 5 nitrogen and oxygen atoms in total. The van der Waals surface area contributed by atoms with E-state index >= 15 is 0 Å². The van der Waals surface area contributed by atoms with Crippen LogP contribution in [-0.4, -0.2) is 37.5 Å². The summed E-state index contributed by atoms with van der Waals surface area (Å²) in [7, 11) is 1.91. The summed E-state index contributed by atoms with van der Waals surface area (Å²) in [5.41, 5.74) is 1.77. The molecule has 2 aromatic carbocycles. The fraction of sp³-hybridized carbons (Fsp3) is 0.333. The molecule has 2 bridgehead atoms. The van der Waals surface area contributed by atoms with Crippen LogP contribution in [0, 0.1) is 0 Å². The Labute approximate surface area is 170 Å². The molecule has 3 atom stereocenters. The number of aromatic nitrogens is 2. The molecule has 2 saturated heterocycles. The topological polar surface area (TPSA) is 58.4 Å². The lowest BCUT2D eigenvalue weighted by Crippen LogP contribution is -2.52. The lowest BCUT2D eigenvalue weighted by molar-refractivity contribution is -0.0554. The maximum absolute atomic E-state index is 13.6. The highest BCUT2D eigenvalue weighted by atomic mass is 16.3. The molecule has 2 aliphatic rings. The van der Waals surface area contributed by atoms with Crippen LogP contribution >= 0.6 is 0 Å². The highest BCUT2D eigenvalue weighted by Crippen LogP contribution is 2.46. The first-order chi connectivity index (χ1) is 14.1. The molecule has 5 heteroatoms. The zero-order valence-corrected chi connectivity index (χ0v) is 16.5. The predicted molar refractivity (Wildman–Crippen MR) is 111 cm³/mol. The van der Waals surface area contributed by atoms with Gasteiger partial charge in [0.25, 0.3) is 5.91 Å². The van der Waals surface area contributed by atoms with Crippen molar-refractivity contribution >= 4 is 5.91 Å². The van der Waals surface area contributed by atoms with Gasteiger partial charge < -0.3 is 14.6 Å². The van der Waals surface area contributed by atoms with E-state index < -0.39 is 5.60 Å². The fourth-order valence-corrected chi connectivity index (χ4v) is 5.23. The van der Waals surface area contributed by atoms with Gasteiger partial charge in [0.05, 0.1) is 0 Å². The Hall–Kier alpha value is -2.92. The molecule has 1 unspecified atom stereocenters. The molecule has 3 aromatic rings. The van der Waals surface area contributed by atoms with Crippen LogP contribution in [0.15, 0.2) is 67.0 Å². The zero-order chi connectivity index (χ0) is 20.0. The van der Waals surface area contributed by atoms with Crippen LogP contribution in [-0.2, 0) is 12.6 Å².